The maximum Gasteiger partial charge on any atom is 0.335 e. The number of nitrogens with two attached hydrogens (primary N) is 2. The summed E-state index contributed by atoms with van der Waals surface area (Å²) in [6.45, 7) is 5.45. The average Bonchev–Trinajstić information content (AvgIpc) is 2.63. The molecule has 0 atom stereocenters. The van der Waals surface area contributed by atoms with Gasteiger partial charge in [0, 0.05) is 25.8 Å². The zero-order chi connectivity index (χ0) is 21.3. The van der Waals surface area contributed by atoms with Crippen LogP contribution in [0.25, 0.3) is 0 Å². The van der Waals surface area contributed by atoms with E-state index in [2.05, 4.69) is 4.99 Å². The number of carbonyl (C=O) groups excluding carboxylic acids is 2. The number of nitrogens with zero attached hydrogens (tertiary/aromatic N) is 2. The Morgan fingerprint density at radius 3 is 2.25 bits per heavy atom. The van der Waals surface area contributed by atoms with Crippen molar-refractivity contribution in [3.8, 4) is 0 Å². The number of piperidine rings is 1. The predicted molar refractivity (Wildman–Crippen MR) is 105 cm³/mol. The lowest BCUT2D eigenvalue weighted by Crippen LogP contribution is -2.39. The van der Waals surface area contributed by atoms with Crippen LogP contribution in [0.1, 0.15) is 45.8 Å². The van der Waals surface area contributed by atoms with Gasteiger partial charge < -0.3 is 21.1 Å². The number of hydrogen-bond acceptors (Lipinski definition) is 5. The minimum atomic E-state index is -0.750. The highest BCUT2D eigenvalue weighted by atomic mass is 32.1. The van der Waals surface area contributed by atoms with E-state index in [1.807, 2.05) is 30.9 Å². The van der Waals surface area contributed by atoms with E-state index in [0.717, 1.165) is 37.1 Å². The van der Waals surface area contributed by atoms with Crippen LogP contribution in [0.5, 0.6) is 0 Å². The minimum absolute atomic E-state index is 0.0343. The summed E-state index contributed by atoms with van der Waals surface area (Å²) in [5.74, 6) is -0.254. The summed E-state index contributed by atoms with van der Waals surface area (Å²) < 4.78 is 21.5. The molecular formula is C18H26N4O5S. The Balaban J connectivity index is 0.00000122. The van der Waals surface area contributed by atoms with Gasteiger partial charge in [-0.2, -0.15) is 13.4 Å². The molecule has 9 nitrogen and oxygen atoms in total. The number of guanidine groups is 1. The summed E-state index contributed by atoms with van der Waals surface area (Å²) in [5.41, 5.74) is 14.2. The number of likely N-dealkylation sites (tertiary alicyclic amines) is 1. The molecule has 2 amide bonds. The van der Waals surface area contributed by atoms with Gasteiger partial charge in [0.05, 0.1) is 0 Å². The average molecular weight is 410 g/mol. The van der Waals surface area contributed by atoms with Crippen LogP contribution < -0.4 is 11.5 Å². The molecule has 0 unspecified atom stereocenters. The van der Waals surface area contributed by atoms with E-state index in [1.165, 1.54) is 12.7 Å². The monoisotopic (exact) mass is 410 g/mol. The number of hydrogen-bond donors (Lipinski definition) is 2. The Hall–Kier alpha value is -2.59. The molecule has 0 aromatic heterocycles. The number of carbonyl (C=O) groups is 2. The number of aryl methyl sites for hydroxylation is 2. The lowest BCUT2D eigenvalue weighted by molar-refractivity contribution is -0.136. The van der Waals surface area contributed by atoms with Gasteiger partial charge >= 0.3 is 11.6 Å². The third-order valence-corrected chi connectivity index (χ3v) is 4.63. The number of ether oxygens (including phenoxy) is 1. The minimum Gasteiger partial charge on any atom is -0.375 e. The first kappa shape index (κ1) is 23.4. The van der Waals surface area contributed by atoms with Gasteiger partial charge in [-0.05, 0) is 55.4 Å². The summed E-state index contributed by atoms with van der Waals surface area (Å²) in [6, 6.07) is 3.89. The molecule has 10 heteroatoms. The maximum absolute atomic E-state index is 12.1. The third kappa shape index (κ3) is 6.54. The van der Waals surface area contributed by atoms with Crippen LogP contribution in [0, 0.1) is 13.8 Å². The summed E-state index contributed by atoms with van der Waals surface area (Å²) in [4.78, 5) is 29.5. The first-order valence-corrected chi connectivity index (χ1v) is 9.35. The lowest BCUT2D eigenvalue weighted by atomic mass is 9.84. The predicted octanol–water partition coefficient (Wildman–Crippen LogP) is 0.399. The molecule has 1 fully saturated rings. The van der Waals surface area contributed by atoms with E-state index < -0.39 is 17.5 Å². The molecular weight excluding hydrogens is 384 g/mol. The molecule has 1 saturated heterocycles. The van der Waals surface area contributed by atoms with Crippen molar-refractivity contribution >= 4 is 29.3 Å². The van der Waals surface area contributed by atoms with Gasteiger partial charge in [0.25, 0.3) is 5.91 Å². The molecule has 1 aromatic carbocycles. The number of amides is 2. The SMILES string of the molecule is COCC(=O)N1CCC(c2cc(C)c(C(=O)N=C(N)N)cc2C)CC1.O=S=O. The van der Waals surface area contributed by atoms with E-state index in [0.29, 0.717) is 11.5 Å². The normalized spacial score (nSPS) is 13.9. The first-order chi connectivity index (χ1) is 13.2. The molecule has 1 aliphatic heterocycles. The van der Waals surface area contributed by atoms with E-state index >= 15 is 0 Å². The van der Waals surface area contributed by atoms with E-state index in [4.69, 9.17) is 24.6 Å². The molecule has 0 radical (unpaired) electrons. The Labute approximate surface area is 167 Å². The van der Waals surface area contributed by atoms with Crippen molar-refractivity contribution in [1.82, 2.24) is 4.90 Å². The highest BCUT2D eigenvalue weighted by Crippen LogP contribution is 2.32. The van der Waals surface area contributed by atoms with Crippen molar-refractivity contribution in [3.05, 3.63) is 34.4 Å². The topological polar surface area (TPSA) is 145 Å². The molecule has 28 heavy (non-hydrogen) atoms. The van der Waals surface area contributed by atoms with Crippen LogP contribution in [0.3, 0.4) is 0 Å². The van der Waals surface area contributed by atoms with Crippen molar-refractivity contribution in [2.45, 2.75) is 32.6 Å². The molecule has 0 saturated carbocycles. The second kappa shape index (κ2) is 11.3. The van der Waals surface area contributed by atoms with Crippen molar-refractivity contribution in [2.24, 2.45) is 16.5 Å². The molecule has 1 aromatic rings. The van der Waals surface area contributed by atoms with Gasteiger partial charge in [-0.3, -0.25) is 9.59 Å². The summed E-state index contributed by atoms with van der Waals surface area (Å²) in [7, 11) is 1.53. The zero-order valence-corrected chi connectivity index (χ0v) is 17.1. The quantitative estimate of drug-likeness (QED) is 0.540. The molecule has 0 bridgehead atoms. The van der Waals surface area contributed by atoms with Gasteiger partial charge in [-0.25, -0.2) is 0 Å². The molecule has 0 aliphatic carbocycles. The van der Waals surface area contributed by atoms with Crippen LogP contribution in [0.2, 0.25) is 0 Å². The number of benzene rings is 1. The number of rotatable bonds is 4. The van der Waals surface area contributed by atoms with Crippen LogP contribution in [0.4, 0.5) is 0 Å². The maximum atomic E-state index is 12.1. The van der Waals surface area contributed by atoms with Crippen molar-refractivity contribution in [2.75, 3.05) is 26.8 Å². The zero-order valence-electron chi connectivity index (χ0n) is 16.3. The van der Waals surface area contributed by atoms with Gasteiger partial charge in [-0.15, -0.1) is 0 Å². The van der Waals surface area contributed by atoms with E-state index in [1.54, 1.807) is 0 Å². The molecule has 1 heterocycles. The lowest BCUT2D eigenvalue weighted by Gasteiger charge is -2.33. The van der Waals surface area contributed by atoms with E-state index in [-0.39, 0.29) is 18.5 Å². The van der Waals surface area contributed by atoms with E-state index in [9.17, 15) is 9.59 Å². The Bertz CT molecular complexity index is 778. The summed E-state index contributed by atoms with van der Waals surface area (Å²) in [6.07, 6.45) is 1.80. The highest BCUT2D eigenvalue weighted by molar-refractivity contribution is 7.51. The van der Waals surface area contributed by atoms with Gasteiger partial charge in [0.15, 0.2) is 5.96 Å². The molecule has 1 aliphatic rings. The molecule has 2 rings (SSSR count). The summed E-state index contributed by atoms with van der Waals surface area (Å²) >= 11 is -0.750. The van der Waals surface area contributed by atoms with Crippen molar-refractivity contribution < 1.29 is 22.7 Å². The second-order valence-electron chi connectivity index (χ2n) is 6.52. The molecule has 4 N–H and O–H groups in total. The Kier molecular flexibility index (Phi) is 9.46. The number of aliphatic imine (C=N–C) groups is 1. The molecule has 0 spiro atoms. The standard InChI is InChI=1S/C18H26N4O3.O2S/c1-11-9-15(17(24)21-18(19)20)12(2)8-14(11)13-4-6-22(7-5-13)16(23)10-25-3;1-3-2/h8-9,13H,4-7,10H2,1-3H3,(H4,19,20,21,24);. The van der Waals surface area contributed by atoms with Gasteiger partial charge in [0.2, 0.25) is 5.91 Å². The first-order valence-electron chi connectivity index (χ1n) is 8.68. The van der Waals surface area contributed by atoms with Crippen LogP contribution in [-0.2, 0) is 21.1 Å². The van der Waals surface area contributed by atoms with Crippen LogP contribution in [0.15, 0.2) is 17.1 Å². The van der Waals surface area contributed by atoms with Gasteiger partial charge in [0.1, 0.15) is 6.61 Å². The smallest absolute Gasteiger partial charge is 0.335 e. The van der Waals surface area contributed by atoms with Crippen LogP contribution >= 0.6 is 0 Å². The van der Waals surface area contributed by atoms with Gasteiger partial charge in [-0.1, -0.05) is 6.07 Å². The highest BCUT2D eigenvalue weighted by Gasteiger charge is 2.25. The second-order valence-corrected chi connectivity index (χ2v) is 6.66. The third-order valence-electron chi connectivity index (χ3n) is 4.63. The Morgan fingerprint density at radius 1 is 1.18 bits per heavy atom. The summed E-state index contributed by atoms with van der Waals surface area (Å²) in [5, 5.41) is 0. The number of methoxy groups -OCH3 is 1. The Morgan fingerprint density at radius 2 is 1.75 bits per heavy atom. The fraction of sp³-hybridized carbons (Fsp3) is 0.500. The molecule has 154 valence electrons. The van der Waals surface area contributed by atoms with Crippen molar-refractivity contribution in [1.29, 1.82) is 0 Å². The largest absolute Gasteiger partial charge is 0.375 e. The van der Waals surface area contributed by atoms with Crippen LogP contribution in [-0.4, -0.2) is 57.9 Å². The fourth-order valence-corrected chi connectivity index (χ4v) is 3.34. The fourth-order valence-electron chi connectivity index (χ4n) is 3.34. The van der Waals surface area contributed by atoms with Crippen molar-refractivity contribution in [3.63, 3.8) is 0 Å².